The van der Waals surface area contributed by atoms with Gasteiger partial charge in [0.15, 0.2) is 0 Å². The van der Waals surface area contributed by atoms with E-state index in [1.54, 1.807) is 7.11 Å². The van der Waals surface area contributed by atoms with E-state index in [1.807, 2.05) is 52.0 Å². The second-order valence-corrected chi connectivity index (χ2v) is 6.20. The monoisotopic (exact) mass is 283 g/mol. The summed E-state index contributed by atoms with van der Waals surface area (Å²) >= 11 is 5.85. The fraction of sp³-hybridized carbons (Fsp3) is 0.533. The predicted molar refractivity (Wildman–Crippen MR) is 78.3 cm³/mol. The van der Waals surface area contributed by atoms with Crippen LogP contribution < -0.4 is 5.32 Å². The van der Waals surface area contributed by atoms with Crippen LogP contribution in [0.5, 0.6) is 0 Å². The zero-order chi connectivity index (χ0) is 14.6. The van der Waals surface area contributed by atoms with E-state index in [9.17, 15) is 4.79 Å². The Bertz CT molecular complexity index is 423. The quantitative estimate of drug-likeness (QED) is 0.917. The van der Waals surface area contributed by atoms with E-state index in [2.05, 4.69) is 5.32 Å². The summed E-state index contributed by atoms with van der Waals surface area (Å²) in [5, 5.41) is 3.65. The Kier molecular flexibility index (Phi) is 5.39. The van der Waals surface area contributed by atoms with Crippen molar-refractivity contribution in [1.29, 1.82) is 0 Å². The largest absolute Gasteiger partial charge is 0.371 e. The third-order valence-corrected chi connectivity index (χ3v) is 3.24. The first-order valence-corrected chi connectivity index (χ1v) is 6.72. The highest BCUT2D eigenvalue weighted by Gasteiger charge is 2.31. The molecule has 0 radical (unpaired) electrons. The third-order valence-electron chi connectivity index (χ3n) is 2.99. The topological polar surface area (TPSA) is 38.3 Å². The van der Waals surface area contributed by atoms with Crippen molar-refractivity contribution in [3.8, 4) is 0 Å². The highest BCUT2D eigenvalue weighted by atomic mass is 35.5. The predicted octanol–water partition coefficient (Wildman–Crippen LogP) is 3.58. The SMILES string of the molecule is COC(C(=O)NC(C)c1ccc(Cl)cc1)C(C)(C)C. The first-order chi connectivity index (χ1) is 8.75. The van der Waals surface area contributed by atoms with Gasteiger partial charge in [0.1, 0.15) is 6.10 Å². The van der Waals surface area contributed by atoms with Gasteiger partial charge in [-0.25, -0.2) is 0 Å². The average Bonchev–Trinajstić information content (AvgIpc) is 2.28. The highest BCUT2D eigenvalue weighted by molar-refractivity contribution is 6.30. The van der Waals surface area contributed by atoms with E-state index in [4.69, 9.17) is 16.3 Å². The van der Waals surface area contributed by atoms with Gasteiger partial charge in [0.05, 0.1) is 6.04 Å². The van der Waals surface area contributed by atoms with Crippen molar-refractivity contribution in [2.24, 2.45) is 5.41 Å². The number of carbonyl (C=O) groups is 1. The Morgan fingerprint density at radius 2 is 1.79 bits per heavy atom. The van der Waals surface area contributed by atoms with E-state index in [-0.39, 0.29) is 17.4 Å². The lowest BCUT2D eigenvalue weighted by atomic mass is 9.88. The molecule has 2 atom stereocenters. The molecule has 0 aliphatic heterocycles. The fourth-order valence-electron chi connectivity index (χ4n) is 1.98. The molecule has 1 rings (SSSR count). The van der Waals surface area contributed by atoms with Crippen LogP contribution in [0.2, 0.25) is 5.02 Å². The third kappa shape index (κ3) is 4.51. The molecule has 2 unspecified atom stereocenters. The van der Waals surface area contributed by atoms with Crippen LogP contribution in [-0.2, 0) is 9.53 Å². The van der Waals surface area contributed by atoms with Crippen LogP contribution in [0.1, 0.15) is 39.3 Å². The summed E-state index contributed by atoms with van der Waals surface area (Å²) in [6.07, 6.45) is -0.470. The molecule has 0 spiro atoms. The van der Waals surface area contributed by atoms with E-state index in [0.717, 1.165) is 5.56 Å². The minimum absolute atomic E-state index is 0.0789. The van der Waals surface area contributed by atoms with E-state index in [1.165, 1.54) is 0 Å². The van der Waals surface area contributed by atoms with Crippen molar-refractivity contribution in [3.05, 3.63) is 34.9 Å². The maximum absolute atomic E-state index is 12.2. The molecule has 0 aliphatic carbocycles. The molecular weight excluding hydrogens is 262 g/mol. The van der Waals surface area contributed by atoms with Gasteiger partial charge in [-0.05, 0) is 30.0 Å². The highest BCUT2D eigenvalue weighted by Crippen LogP contribution is 2.23. The number of ether oxygens (including phenoxy) is 1. The lowest BCUT2D eigenvalue weighted by Gasteiger charge is -2.29. The molecule has 0 saturated carbocycles. The Labute approximate surface area is 120 Å². The van der Waals surface area contributed by atoms with Gasteiger partial charge in [-0.15, -0.1) is 0 Å². The van der Waals surface area contributed by atoms with Gasteiger partial charge in [0.25, 0.3) is 0 Å². The summed E-state index contributed by atoms with van der Waals surface area (Å²) in [6, 6.07) is 7.37. The Morgan fingerprint density at radius 1 is 1.26 bits per heavy atom. The van der Waals surface area contributed by atoms with Crippen molar-refractivity contribution in [3.63, 3.8) is 0 Å². The standard InChI is InChI=1S/C15H22ClNO2/c1-10(11-6-8-12(16)9-7-11)17-14(18)13(19-5)15(2,3)4/h6-10,13H,1-5H3,(H,17,18). The summed E-state index contributed by atoms with van der Waals surface area (Å²) in [6.45, 7) is 7.88. The van der Waals surface area contributed by atoms with Crippen LogP contribution in [0.3, 0.4) is 0 Å². The van der Waals surface area contributed by atoms with Crippen molar-refractivity contribution in [1.82, 2.24) is 5.32 Å². The van der Waals surface area contributed by atoms with Crippen LogP contribution in [0.25, 0.3) is 0 Å². The normalized spacial score (nSPS) is 14.8. The van der Waals surface area contributed by atoms with Gasteiger partial charge in [0.2, 0.25) is 5.91 Å². The van der Waals surface area contributed by atoms with Gasteiger partial charge >= 0.3 is 0 Å². The first-order valence-electron chi connectivity index (χ1n) is 6.34. The number of halogens is 1. The summed E-state index contributed by atoms with van der Waals surface area (Å²) < 4.78 is 5.30. The van der Waals surface area contributed by atoms with Gasteiger partial charge in [0, 0.05) is 12.1 Å². The van der Waals surface area contributed by atoms with Gasteiger partial charge in [-0.2, -0.15) is 0 Å². The fourth-order valence-corrected chi connectivity index (χ4v) is 2.10. The molecule has 19 heavy (non-hydrogen) atoms. The van der Waals surface area contributed by atoms with Crippen LogP contribution in [0.15, 0.2) is 24.3 Å². The van der Waals surface area contributed by atoms with Crippen LogP contribution in [0.4, 0.5) is 0 Å². The molecule has 106 valence electrons. The molecule has 4 heteroatoms. The smallest absolute Gasteiger partial charge is 0.250 e. The maximum Gasteiger partial charge on any atom is 0.250 e. The second-order valence-electron chi connectivity index (χ2n) is 5.76. The lowest BCUT2D eigenvalue weighted by Crippen LogP contribution is -2.44. The maximum atomic E-state index is 12.2. The number of nitrogens with one attached hydrogen (secondary N) is 1. The Balaban J connectivity index is 2.73. The van der Waals surface area contributed by atoms with Gasteiger partial charge < -0.3 is 10.1 Å². The van der Waals surface area contributed by atoms with Crippen LogP contribution in [-0.4, -0.2) is 19.1 Å². The number of carbonyl (C=O) groups excluding carboxylic acids is 1. The van der Waals surface area contributed by atoms with Gasteiger partial charge in [-0.1, -0.05) is 44.5 Å². The molecular formula is C15H22ClNO2. The summed E-state index contributed by atoms with van der Waals surface area (Å²) in [7, 11) is 1.56. The van der Waals surface area contributed by atoms with Crippen molar-refractivity contribution in [2.45, 2.75) is 39.8 Å². The zero-order valence-corrected chi connectivity index (χ0v) is 12.9. The van der Waals surface area contributed by atoms with E-state index < -0.39 is 6.10 Å². The van der Waals surface area contributed by atoms with Crippen molar-refractivity contribution < 1.29 is 9.53 Å². The molecule has 1 N–H and O–H groups in total. The van der Waals surface area contributed by atoms with Crippen LogP contribution in [0, 0.1) is 5.41 Å². The van der Waals surface area contributed by atoms with Crippen molar-refractivity contribution in [2.75, 3.05) is 7.11 Å². The Morgan fingerprint density at radius 3 is 2.21 bits per heavy atom. The van der Waals surface area contributed by atoms with E-state index >= 15 is 0 Å². The van der Waals surface area contributed by atoms with Crippen molar-refractivity contribution >= 4 is 17.5 Å². The molecule has 0 aliphatic rings. The molecule has 0 fully saturated rings. The number of hydrogen-bond donors (Lipinski definition) is 1. The zero-order valence-electron chi connectivity index (χ0n) is 12.2. The summed E-state index contributed by atoms with van der Waals surface area (Å²) in [4.78, 5) is 12.2. The average molecular weight is 284 g/mol. The summed E-state index contributed by atoms with van der Waals surface area (Å²) in [5.41, 5.74) is 0.778. The molecule has 1 aromatic rings. The van der Waals surface area contributed by atoms with E-state index in [0.29, 0.717) is 5.02 Å². The summed E-state index contributed by atoms with van der Waals surface area (Å²) in [5.74, 6) is -0.0996. The molecule has 1 amide bonds. The minimum Gasteiger partial charge on any atom is -0.371 e. The first kappa shape index (κ1) is 16.0. The number of amides is 1. The minimum atomic E-state index is -0.470. The number of methoxy groups -OCH3 is 1. The Hall–Kier alpha value is -1.06. The lowest BCUT2D eigenvalue weighted by molar-refractivity contribution is -0.137. The second kappa shape index (κ2) is 6.40. The number of rotatable bonds is 4. The number of benzene rings is 1. The molecule has 0 saturated heterocycles. The van der Waals surface area contributed by atoms with Gasteiger partial charge in [-0.3, -0.25) is 4.79 Å². The molecule has 1 aromatic carbocycles. The van der Waals surface area contributed by atoms with Crippen LogP contribution >= 0.6 is 11.6 Å². The molecule has 0 heterocycles. The number of hydrogen-bond acceptors (Lipinski definition) is 2. The molecule has 3 nitrogen and oxygen atoms in total. The molecule has 0 bridgehead atoms. The molecule has 0 aromatic heterocycles.